The minimum atomic E-state index is -3.26. The van der Waals surface area contributed by atoms with Crippen molar-refractivity contribution in [3.05, 3.63) is 113 Å². The fourth-order valence-corrected chi connectivity index (χ4v) is 6.85. The number of hydrogen-bond acceptors (Lipinski definition) is 8. The molecule has 3 rings (SSSR count). The highest BCUT2D eigenvalue weighted by molar-refractivity contribution is 7.53. The third-order valence-corrected chi connectivity index (χ3v) is 9.95. The van der Waals surface area contributed by atoms with Gasteiger partial charge in [0.15, 0.2) is 5.78 Å². The fraction of sp³-hybridized carbons (Fsp3) is 0.351. The summed E-state index contributed by atoms with van der Waals surface area (Å²) in [5.41, 5.74) is 9.14. The summed E-state index contributed by atoms with van der Waals surface area (Å²) in [6.07, 6.45) is 3.60. The van der Waals surface area contributed by atoms with Crippen LogP contribution < -0.4 is 16.4 Å². The van der Waals surface area contributed by atoms with Crippen molar-refractivity contribution in [2.24, 2.45) is 11.7 Å². The minimum absolute atomic E-state index is 0.125. The Morgan fingerprint density at radius 2 is 1.42 bits per heavy atom. The van der Waals surface area contributed by atoms with Gasteiger partial charge in [-0.3, -0.25) is 23.7 Å². The number of rotatable bonds is 19. The number of ketones is 2. The summed E-state index contributed by atoms with van der Waals surface area (Å²) >= 11 is 0. The largest absolute Gasteiger partial charge is 0.345 e. The van der Waals surface area contributed by atoms with Crippen LogP contribution in [0.2, 0.25) is 0 Å². The molecule has 0 aliphatic rings. The van der Waals surface area contributed by atoms with Crippen LogP contribution in [0.3, 0.4) is 0 Å². The molecular weight excluding hydrogens is 629 g/mol. The average molecular weight is 676 g/mol. The molecule has 0 saturated carbocycles. The molecule has 4 N–H and O–H groups in total. The first-order valence-electron chi connectivity index (χ1n) is 16.2. The molecule has 0 bridgehead atoms. The second-order valence-corrected chi connectivity index (χ2v) is 13.5. The number of carbonyl (C=O) groups excluding carboxylic acids is 4. The normalized spacial score (nSPS) is 14.1. The van der Waals surface area contributed by atoms with E-state index in [1.54, 1.807) is 74.5 Å². The van der Waals surface area contributed by atoms with Gasteiger partial charge in [0.05, 0.1) is 37.4 Å². The van der Waals surface area contributed by atoms with Crippen molar-refractivity contribution in [3.8, 4) is 0 Å². The molecule has 3 aromatic rings. The zero-order valence-electron chi connectivity index (χ0n) is 28.0. The van der Waals surface area contributed by atoms with Crippen molar-refractivity contribution >= 4 is 37.1 Å². The molecule has 0 heterocycles. The van der Waals surface area contributed by atoms with Gasteiger partial charge in [-0.25, -0.2) is 0 Å². The maximum atomic E-state index is 14.2. The Morgan fingerprint density at radius 1 is 0.833 bits per heavy atom. The molecule has 11 heteroatoms. The molecule has 0 aliphatic heterocycles. The number of carbonyl (C=O) groups is 4. The molecule has 10 nitrogen and oxygen atoms in total. The average Bonchev–Trinajstić information content (AvgIpc) is 3.09. The van der Waals surface area contributed by atoms with Gasteiger partial charge in [-0.1, -0.05) is 105 Å². The number of Topliss-reactive ketones (excluding diaryl/α,β-unsaturated/α-hetero) is 2. The van der Waals surface area contributed by atoms with Gasteiger partial charge in [0, 0.05) is 12.6 Å². The van der Waals surface area contributed by atoms with Gasteiger partial charge in [-0.15, -0.1) is 0 Å². The van der Waals surface area contributed by atoms with Crippen molar-refractivity contribution in [2.75, 3.05) is 13.2 Å². The maximum absolute atomic E-state index is 14.2. The number of benzene rings is 3. The fourth-order valence-electron chi connectivity index (χ4n) is 5.15. The molecule has 4 atom stereocenters. The zero-order valence-corrected chi connectivity index (χ0v) is 28.9. The van der Waals surface area contributed by atoms with E-state index in [4.69, 9.17) is 14.8 Å². The highest BCUT2D eigenvalue weighted by Gasteiger charge is 2.40. The monoisotopic (exact) mass is 675 g/mol. The minimum Gasteiger partial charge on any atom is -0.345 e. The Balaban J connectivity index is 1.77. The summed E-state index contributed by atoms with van der Waals surface area (Å²) in [7, 11) is -3.26. The molecule has 0 spiro atoms. The number of nitrogens with two attached hydrogens (primary N) is 1. The van der Waals surface area contributed by atoms with Gasteiger partial charge >= 0.3 is 7.60 Å². The lowest BCUT2D eigenvalue weighted by Crippen LogP contribution is -2.53. The van der Waals surface area contributed by atoms with Crippen LogP contribution in [0, 0.1) is 5.92 Å². The first-order valence-corrected chi connectivity index (χ1v) is 17.9. The van der Waals surface area contributed by atoms with E-state index in [0.717, 1.165) is 11.1 Å². The van der Waals surface area contributed by atoms with Crippen LogP contribution in [0.4, 0.5) is 0 Å². The predicted octanol–water partition coefficient (Wildman–Crippen LogP) is 5.56. The van der Waals surface area contributed by atoms with Gasteiger partial charge in [0.2, 0.25) is 11.7 Å². The molecular formula is C37H46N3O7P. The first-order chi connectivity index (χ1) is 23.0. The first kappa shape index (κ1) is 38.2. The maximum Gasteiger partial charge on any atom is 0.335 e. The molecule has 3 aromatic carbocycles. The van der Waals surface area contributed by atoms with E-state index < -0.39 is 49.0 Å². The van der Waals surface area contributed by atoms with Crippen molar-refractivity contribution in [1.29, 1.82) is 0 Å². The van der Waals surface area contributed by atoms with E-state index in [1.807, 2.05) is 44.2 Å². The molecule has 0 aliphatic carbocycles. The molecule has 0 aromatic heterocycles. The topological polar surface area (TPSA) is 154 Å². The SMILES string of the molecule is CCOP(=O)(Cc1ccc(/C=C/C(=O)N[C@H](C(=O)C(c2ccccc2)[C@H](N)C(=O)C(=O)NCc2ccccc2)[C@@H](C)CC)cc1)OCC. The summed E-state index contributed by atoms with van der Waals surface area (Å²) in [6.45, 7) is 7.90. The van der Waals surface area contributed by atoms with E-state index >= 15 is 0 Å². The lowest BCUT2D eigenvalue weighted by atomic mass is 9.79. The van der Waals surface area contributed by atoms with Crippen molar-refractivity contribution < 1.29 is 32.8 Å². The lowest BCUT2D eigenvalue weighted by Gasteiger charge is -2.29. The molecule has 0 fully saturated rings. The van der Waals surface area contributed by atoms with E-state index in [-0.39, 0.29) is 31.8 Å². The van der Waals surface area contributed by atoms with Crippen LogP contribution in [0.25, 0.3) is 6.08 Å². The van der Waals surface area contributed by atoms with Crippen molar-refractivity contribution in [3.63, 3.8) is 0 Å². The molecule has 256 valence electrons. The van der Waals surface area contributed by atoms with Crippen LogP contribution in [-0.4, -0.2) is 48.7 Å². The van der Waals surface area contributed by atoms with E-state index in [9.17, 15) is 23.7 Å². The third kappa shape index (κ3) is 11.2. The standard InChI is InChI=1S/C37H46N3O7P/c1-5-26(4)34(40-31(41)23-22-27-18-20-29(21-19-27)25-48(45,46-6-2)47-7-3)35(42)32(30-16-12-9-13-17-30)33(38)36(43)37(44)39-24-28-14-10-8-11-15-28/h8-23,26,32-34H,5-7,24-25,38H2,1-4H3,(H,39,44)(H,40,41)/b23-22+/t26-,32?,33-,34-/m0/s1. The summed E-state index contributed by atoms with van der Waals surface area (Å²) in [4.78, 5) is 53.5. The van der Waals surface area contributed by atoms with Crippen molar-refractivity contribution in [1.82, 2.24) is 10.6 Å². The van der Waals surface area contributed by atoms with Crippen LogP contribution in [0.5, 0.6) is 0 Å². The quantitative estimate of drug-likeness (QED) is 0.0848. The molecule has 0 radical (unpaired) electrons. The van der Waals surface area contributed by atoms with Gasteiger partial charge in [-0.05, 0) is 48.1 Å². The summed E-state index contributed by atoms with van der Waals surface area (Å²) in [5, 5.41) is 5.41. The van der Waals surface area contributed by atoms with Crippen molar-refractivity contribution in [2.45, 2.75) is 64.8 Å². The smallest absolute Gasteiger partial charge is 0.335 e. The number of nitrogens with one attached hydrogen (secondary N) is 2. The van der Waals surface area contributed by atoms with Gasteiger partial charge < -0.3 is 25.4 Å². The van der Waals surface area contributed by atoms with Gasteiger partial charge in [0.25, 0.3) is 5.91 Å². The zero-order chi connectivity index (χ0) is 35.1. The Hall–Kier alpha value is -4.21. The Labute approximate surface area is 283 Å². The van der Waals surface area contributed by atoms with E-state index in [0.29, 0.717) is 17.5 Å². The van der Waals surface area contributed by atoms with Crippen LogP contribution in [-0.2, 0) is 45.5 Å². The van der Waals surface area contributed by atoms with Crippen LogP contribution in [0.1, 0.15) is 62.3 Å². The molecule has 2 amide bonds. The Morgan fingerprint density at radius 3 is 1.98 bits per heavy atom. The molecule has 1 unspecified atom stereocenters. The Kier molecular flexibility index (Phi) is 15.1. The molecule has 48 heavy (non-hydrogen) atoms. The number of hydrogen-bond donors (Lipinski definition) is 3. The highest BCUT2D eigenvalue weighted by Crippen LogP contribution is 2.51. The summed E-state index contributed by atoms with van der Waals surface area (Å²) < 4.78 is 23.6. The van der Waals surface area contributed by atoms with Crippen LogP contribution in [0.15, 0.2) is 91.0 Å². The highest BCUT2D eigenvalue weighted by atomic mass is 31.2. The third-order valence-electron chi connectivity index (χ3n) is 7.90. The van der Waals surface area contributed by atoms with Gasteiger partial charge in [-0.2, -0.15) is 0 Å². The van der Waals surface area contributed by atoms with E-state index in [2.05, 4.69) is 10.6 Å². The lowest BCUT2D eigenvalue weighted by molar-refractivity contribution is -0.140. The van der Waals surface area contributed by atoms with E-state index in [1.165, 1.54) is 6.08 Å². The van der Waals surface area contributed by atoms with Crippen LogP contribution >= 0.6 is 7.60 Å². The summed E-state index contributed by atoms with van der Waals surface area (Å²) in [5.74, 6) is -4.28. The van der Waals surface area contributed by atoms with Gasteiger partial charge in [0.1, 0.15) is 0 Å². The second kappa shape index (κ2) is 19.0. The molecule has 0 saturated heterocycles. The Bertz CT molecular complexity index is 1570. The summed E-state index contributed by atoms with van der Waals surface area (Å²) in [6, 6.07) is 22.3. The second-order valence-electron chi connectivity index (χ2n) is 11.4. The number of amides is 2. The predicted molar refractivity (Wildman–Crippen MR) is 187 cm³/mol.